The van der Waals surface area contributed by atoms with E-state index in [1.165, 1.54) is 44.3 Å². The molecule has 0 amide bonds. The van der Waals surface area contributed by atoms with E-state index in [2.05, 4.69) is 57.7 Å². The fraction of sp³-hybridized carbons (Fsp3) is 0.708. The van der Waals surface area contributed by atoms with E-state index in [1.54, 1.807) is 7.11 Å². The molecule has 0 spiro atoms. The van der Waals surface area contributed by atoms with Crippen LogP contribution in [-0.2, 0) is 11.3 Å². The van der Waals surface area contributed by atoms with Gasteiger partial charge in [0.05, 0.1) is 6.61 Å². The van der Waals surface area contributed by atoms with E-state index in [0.717, 1.165) is 51.8 Å². The van der Waals surface area contributed by atoms with Crippen LogP contribution in [0.2, 0.25) is 0 Å². The SMILES string of the molecule is CCNC(=NCC1CCN(CCOC)CC1)NC1CCN(Cc2ccccc2)CC1.I. The van der Waals surface area contributed by atoms with E-state index in [1.807, 2.05) is 0 Å². The van der Waals surface area contributed by atoms with Gasteiger partial charge in [-0.2, -0.15) is 0 Å². The Labute approximate surface area is 206 Å². The van der Waals surface area contributed by atoms with Crippen molar-refractivity contribution in [1.82, 2.24) is 20.4 Å². The van der Waals surface area contributed by atoms with Crippen LogP contribution in [0.1, 0.15) is 38.2 Å². The number of methoxy groups -OCH3 is 1. The molecule has 0 aromatic heterocycles. The molecule has 2 N–H and O–H groups in total. The van der Waals surface area contributed by atoms with Crippen LogP contribution in [0.5, 0.6) is 0 Å². The molecule has 2 saturated heterocycles. The number of rotatable bonds is 9. The largest absolute Gasteiger partial charge is 0.383 e. The molecule has 1 aromatic carbocycles. The zero-order chi connectivity index (χ0) is 21.0. The zero-order valence-corrected chi connectivity index (χ0v) is 21.7. The van der Waals surface area contributed by atoms with Crippen molar-refractivity contribution < 1.29 is 4.74 Å². The van der Waals surface area contributed by atoms with E-state index < -0.39 is 0 Å². The van der Waals surface area contributed by atoms with Crippen molar-refractivity contribution in [3.8, 4) is 0 Å². The van der Waals surface area contributed by atoms with Gasteiger partial charge in [0.25, 0.3) is 0 Å². The van der Waals surface area contributed by atoms with Gasteiger partial charge in [-0.25, -0.2) is 0 Å². The molecule has 1 aromatic rings. The molecule has 2 fully saturated rings. The van der Waals surface area contributed by atoms with Crippen molar-refractivity contribution in [3.63, 3.8) is 0 Å². The van der Waals surface area contributed by atoms with Gasteiger partial charge in [-0.05, 0) is 57.2 Å². The third-order valence-corrected chi connectivity index (χ3v) is 6.35. The van der Waals surface area contributed by atoms with E-state index in [4.69, 9.17) is 9.73 Å². The second-order valence-corrected chi connectivity index (χ2v) is 8.68. The average Bonchev–Trinajstić information content (AvgIpc) is 2.79. The number of nitrogens with zero attached hydrogens (tertiary/aromatic N) is 3. The van der Waals surface area contributed by atoms with Crippen LogP contribution < -0.4 is 10.6 Å². The van der Waals surface area contributed by atoms with Crippen LogP contribution in [0, 0.1) is 5.92 Å². The highest BCUT2D eigenvalue weighted by Crippen LogP contribution is 2.17. The number of hydrogen-bond acceptors (Lipinski definition) is 4. The smallest absolute Gasteiger partial charge is 0.191 e. The minimum absolute atomic E-state index is 0. The first kappa shape index (κ1) is 26.4. The second-order valence-electron chi connectivity index (χ2n) is 8.68. The summed E-state index contributed by atoms with van der Waals surface area (Å²) in [7, 11) is 1.78. The number of benzene rings is 1. The Morgan fingerprint density at radius 2 is 1.71 bits per heavy atom. The van der Waals surface area contributed by atoms with Gasteiger partial charge in [0.1, 0.15) is 0 Å². The summed E-state index contributed by atoms with van der Waals surface area (Å²) < 4.78 is 5.20. The number of likely N-dealkylation sites (tertiary alicyclic amines) is 2. The highest BCUT2D eigenvalue weighted by molar-refractivity contribution is 14.0. The van der Waals surface area contributed by atoms with E-state index in [0.29, 0.717) is 12.0 Å². The van der Waals surface area contributed by atoms with Gasteiger partial charge in [0.15, 0.2) is 5.96 Å². The first-order valence-corrected chi connectivity index (χ1v) is 11.8. The van der Waals surface area contributed by atoms with Crippen LogP contribution in [0.25, 0.3) is 0 Å². The monoisotopic (exact) mass is 543 g/mol. The Morgan fingerprint density at radius 3 is 2.35 bits per heavy atom. The van der Waals surface area contributed by atoms with Gasteiger partial charge in [-0.3, -0.25) is 9.89 Å². The average molecular weight is 544 g/mol. The van der Waals surface area contributed by atoms with Gasteiger partial charge < -0.3 is 20.3 Å². The maximum absolute atomic E-state index is 5.20. The van der Waals surface area contributed by atoms with E-state index in [9.17, 15) is 0 Å². The van der Waals surface area contributed by atoms with Crippen LogP contribution in [-0.4, -0.2) is 81.3 Å². The first-order chi connectivity index (χ1) is 14.8. The second kappa shape index (κ2) is 15.0. The summed E-state index contributed by atoms with van der Waals surface area (Å²) in [6.07, 6.45) is 4.83. The molecule has 2 aliphatic heterocycles. The number of nitrogens with one attached hydrogen (secondary N) is 2. The molecule has 7 heteroatoms. The van der Waals surface area contributed by atoms with Crippen molar-refractivity contribution in [2.24, 2.45) is 10.9 Å². The number of ether oxygens (including phenoxy) is 1. The third kappa shape index (κ3) is 9.63. The van der Waals surface area contributed by atoms with Crippen molar-refractivity contribution >= 4 is 29.9 Å². The lowest BCUT2D eigenvalue weighted by Gasteiger charge is -2.33. The van der Waals surface area contributed by atoms with Gasteiger partial charge in [0, 0.05) is 52.4 Å². The number of guanidine groups is 1. The summed E-state index contributed by atoms with van der Waals surface area (Å²) in [5.74, 6) is 1.70. The van der Waals surface area contributed by atoms with Gasteiger partial charge in [0.2, 0.25) is 0 Å². The van der Waals surface area contributed by atoms with Crippen LogP contribution in [0.15, 0.2) is 35.3 Å². The molecule has 0 radical (unpaired) electrons. The van der Waals surface area contributed by atoms with Crippen molar-refractivity contribution in [3.05, 3.63) is 35.9 Å². The molecule has 6 nitrogen and oxygen atoms in total. The molecule has 3 rings (SSSR count). The highest BCUT2D eigenvalue weighted by Gasteiger charge is 2.21. The molecular weight excluding hydrogens is 501 g/mol. The van der Waals surface area contributed by atoms with Crippen molar-refractivity contribution in [2.75, 3.05) is 59.5 Å². The molecule has 2 aliphatic rings. The highest BCUT2D eigenvalue weighted by atomic mass is 127. The molecule has 31 heavy (non-hydrogen) atoms. The fourth-order valence-electron chi connectivity index (χ4n) is 4.42. The standard InChI is InChI=1S/C24H41N5O.HI/c1-3-25-24(26-19-21-9-13-28(14-10-21)17-18-30-2)27-23-11-15-29(16-12-23)20-22-7-5-4-6-8-22;/h4-8,21,23H,3,9-20H2,1-2H3,(H2,25,26,27);1H. The summed E-state index contributed by atoms with van der Waals surface area (Å²) in [5.41, 5.74) is 1.41. The minimum Gasteiger partial charge on any atom is -0.383 e. The summed E-state index contributed by atoms with van der Waals surface area (Å²) in [5, 5.41) is 7.16. The van der Waals surface area contributed by atoms with Crippen molar-refractivity contribution in [1.29, 1.82) is 0 Å². The number of halogens is 1. The third-order valence-electron chi connectivity index (χ3n) is 6.35. The predicted octanol–water partition coefficient (Wildman–Crippen LogP) is 3.18. The van der Waals surface area contributed by atoms with Gasteiger partial charge in [-0.15, -0.1) is 24.0 Å². The molecule has 2 heterocycles. The van der Waals surface area contributed by atoms with Crippen LogP contribution in [0.3, 0.4) is 0 Å². The molecule has 176 valence electrons. The first-order valence-electron chi connectivity index (χ1n) is 11.8. The summed E-state index contributed by atoms with van der Waals surface area (Å²) in [6.45, 7) is 11.6. The maximum Gasteiger partial charge on any atom is 0.191 e. The lowest BCUT2D eigenvalue weighted by molar-refractivity contribution is 0.121. The number of hydrogen-bond donors (Lipinski definition) is 2. The fourth-order valence-corrected chi connectivity index (χ4v) is 4.42. The molecule has 0 aliphatic carbocycles. The Hall–Kier alpha value is -0.900. The molecule has 0 bridgehead atoms. The van der Waals surface area contributed by atoms with E-state index >= 15 is 0 Å². The zero-order valence-electron chi connectivity index (χ0n) is 19.4. The van der Waals surface area contributed by atoms with Gasteiger partial charge >= 0.3 is 0 Å². The summed E-state index contributed by atoms with van der Waals surface area (Å²) in [6, 6.07) is 11.3. The number of aliphatic imine (C=N–C) groups is 1. The van der Waals surface area contributed by atoms with Crippen molar-refractivity contribution in [2.45, 2.75) is 45.2 Å². The lowest BCUT2D eigenvalue weighted by atomic mass is 9.97. The Balaban J connectivity index is 0.00000341. The predicted molar refractivity (Wildman–Crippen MR) is 140 cm³/mol. The molecular formula is C24H42IN5O. The number of piperidine rings is 2. The lowest BCUT2D eigenvalue weighted by Crippen LogP contribution is -2.48. The molecule has 0 unspecified atom stereocenters. The molecule has 0 atom stereocenters. The quantitative estimate of drug-likeness (QED) is 0.285. The summed E-state index contributed by atoms with van der Waals surface area (Å²) in [4.78, 5) is 10.0. The Bertz CT molecular complexity index is 614. The Morgan fingerprint density at radius 1 is 1.03 bits per heavy atom. The van der Waals surface area contributed by atoms with Crippen LogP contribution in [0.4, 0.5) is 0 Å². The minimum atomic E-state index is 0. The van der Waals surface area contributed by atoms with E-state index in [-0.39, 0.29) is 24.0 Å². The van der Waals surface area contributed by atoms with Crippen LogP contribution >= 0.6 is 24.0 Å². The van der Waals surface area contributed by atoms with Gasteiger partial charge in [-0.1, -0.05) is 30.3 Å². The maximum atomic E-state index is 5.20. The Kier molecular flexibility index (Phi) is 12.8. The topological polar surface area (TPSA) is 52.1 Å². The normalized spacial score (nSPS) is 19.7. The summed E-state index contributed by atoms with van der Waals surface area (Å²) >= 11 is 0. The molecule has 0 saturated carbocycles.